The number of fused-ring (bicyclic) bond motifs is 2. The lowest BCUT2D eigenvalue weighted by atomic mass is 9.82. The molecule has 0 unspecified atom stereocenters. The highest BCUT2D eigenvalue weighted by molar-refractivity contribution is 5.69. The molecule has 31 heavy (non-hydrogen) atoms. The van der Waals surface area contributed by atoms with E-state index in [-0.39, 0.29) is 17.3 Å². The SMILES string of the molecule is CN(c1ccc(-c2ccc(-n3ccnc3)cc2O)nn1)[C@H]1C[C@]2(C)CC[C@@](C)(N2)[C@H]1F. The third-order valence-corrected chi connectivity index (χ3v) is 6.96. The van der Waals surface area contributed by atoms with Crippen molar-refractivity contribution >= 4 is 5.82 Å². The van der Waals surface area contributed by atoms with E-state index in [1.54, 1.807) is 18.6 Å². The summed E-state index contributed by atoms with van der Waals surface area (Å²) in [6.45, 7) is 4.16. The molecule has 4 atom stereocenters. The van der Waals surface area contributed by atoms with Gasteiger partial charge < -0.3 is 19.9 Å². The van der Waals surface area contributed by atoms with Crippen LogP contribution in [0.15, 0.2) is 49.1 Å². The van der Waals surface area contributed by atoms with Crippen LogP contribution in [-0.4, -0.2) is 55.2 Å². The van der Waals surface area contributed by atoms with Crippen molar-refractivity contribution in [1.82, 2.24) is 25.1 Å². The third kappa shape index (κ3) is 3.35. The summed E-state index contributed by atoms with van der Waals surface area (Å²) < 4.78 is 17.2. The van der Waals surface area contributed by atoms with Crippen molar-refractivity contribution in [3.05, 3.63) is 49.1 Å². The number of benzene rings is 1. The van der Waals surface area contributed by atoms with Crippen LogP contribution in [0.2, 0.25) is 0 Å². The van der Waals surface area contributed by atoms with E-state index >= 15 is 4.39 Å². The predicted molar refractivity (Wildman–Crippen MR) is 117 cm³/mol. The van der Waals surface area contributed by atoms with Crippen molar-refractivity contribution in [3.8, 4) is 22.7 Å². The standard InChI is InChI=1S/C23H27FN6O/c1-22-8-9-23(2,28-22)21(24)18(13-22)29(3)20-7-6-17(26-27-20)16-5-4-15(12-19(16)31)30-11-10-25-14-30/h4-7,10-12,14,18,21,28,31H,8-9,13H2,1-3H3/t18-,21-,22-,23+/m0/s1. The summed E-state index contributed by atoms with van der Waals surface area (Å²) in [6.07, 6.45) is 6.72. The molecule has 0 amide bonds. The summed E-state index contributed by atoms with van der Waals surface area (Å²) in [5.41, 5.74) is 1.41. The van der Waals surface area contributed by atoms with Gasteiger partial charge in [0.2, 0.25) is 0 Å². The lowest BCUT2D eigenvalue weighted by molar-refractivity contribution is 0.0859. The molecule has 1 aromatic carbocycles. The second-order valence-electron chi connectivity index (χ2n) is 9.34. The summed E-state index contributed by atoms with van der Waals surface area (Å²) in [6, 6.07) is 8.75. The molecule has 162 valence electrons. The molecule has 7 nitrogen and oxygen atoms in total. The Hall–Kier alpha value is -3.00. The number of rotatable bonds is 4. The average Bonchev–Trinajstić information content (AvgIpc) is 3.38. The Bertz CT molecular complexity index is 1090. The molecule has 2 aliphatic heterocycles. The second-order valence-corrected chi connectivity index (χ2v) is 9.34. The van der Waals surface area contributed by atoms with Crippen molar-refractivity contribution in [1.29, 1.82) is 0 Å². The summed E-state index contributed by atoms with van der Waals surface area (Å²) >= 11 is 0. The van der Waals surface area contributed by atoms with Gasteiger partial charge in [0, 0.05) is 42.1 Å². The summed E-state index contributed by atoms with van der Waals surface area (Å²) in [4.78, 5) is 5.93. The van der Waals surface area contributed by atoms with Crippen molar-refractivity contribution in [2.75, 3.05) is 11.9 Å². The van der Waals surface area contributed by atoms with Crippen LogP contribution in [0.5, 0.6) is 5.75 Å². The van der Waals surface area contributed by atoms with Gasteiger partial charge in [0.15, 0.2) is 5.82 Å². The summed E-state index contributed by atoms with van der Waals surface area (Å²) in [5.74, 6) is 0.737. The Morgan fingerprint density at radius 2 is 2.03 bits per heavy atom. The smallest absolute Gasteiger partial charge is 0.151 e. The van der Waals surface area contributed by atoms with E-state index in [1.165, 1.54) is 0 Å². The monoisotopic (exact) mass is 422 g/mol. The van der Waals surface area contributed by atoms with Gasteiger partial charge in [-0.3, -0.25) is 0 Å². The van der Waals surface area contributed by atoms with Crippen molar-refractivity contribution in [2.45, 2.75) is 56.4 Å². The molecule has 2 bridgehead atoms. The van der Waals surface area contributed by atoms with Gasteiger partial charge in [-0.25, -0.2) is 9.37 Å². The van der Waals surface area contributed by atoms with Gasteiger partial charge >= 0.3 is 0 Å². The number of hydrogen-bond acceptors (Lipinski definition) is 6. The van der Waals surface area contributed by atoms with E-state index in [2.05, 4.69) is 27.4 Å². The molecule has 8 heteroatoms. The molecule has 0 saturated carbocycles. The molecule has 2 aliphatic rings. The van der Waals surface area contributed by atoms with E-state index < -0.39 is 11.7 Å². The number of nitrogens with one attached hydrogen (secondary N) is 1. The number of nitrogens with zero attached hydrogens (tertiary/aromatic N) is 5. The van der Waals surface area contributed by atoms with Crippen molar-refractivity contribution < 1.29 is 9.50 Å². The van der Waals surface area contributed by atoms with Gasteiger partial charge in [-0.15, -0.1) is 10.2 Å². The maximum absolute atomic E-state index is 15.4. The number of anilines is 1. The summed E-state index contributed by atoms with van der Waals surface area (Å²) in [7, 11) is 1.88. The Labute approximate surface area is 180 Å². The van der Waals surface area contributed by atoms with E-state index in [4.69, 9.17) is 0 Å². The molecular formula is C23H27FN6O. The first kappa shape index (κ1) is 19.9. The summed E-state index contributed by atoms with van der Waals surface area (Å²) in [5, 5.41) is 22.7. The number of phenolic OH excluding ortho intramolecular Hbond substituents is 1. The molecule has 0 radical (unpaired) electrons. The minimum Gasteiger partial charge on any atom is -0.507 e. The van der Waals surface area contributed by atoms with E-state index in [9.17, 15) is 5.11 Å². The predicted octanol–water partition coefficient (Wildman–Crippen LogP) is 3.48. The minimum absolute atomic E-state index is 0.0492. The van der Waals surface area contributed by atoms with Crippen LogP contribution in [-0.2, 0) is 0 Å². The fourth-order valence-electron chi connectivity index (χ4n) is 5.17. The zero-order chi connectivity index (χ0) is 21.8. The number of phenols is 1. The normalized spacial score (nSPS) is 29.8. The van der Waals surface area contributed by atoms with Gasteiger partial charge in [0.05, 0.1) is 23.8 Å². The Morgan fingerprint density at radius 1 is 1.19 bits per heavy atom. The van der Waals surface area contributed by atoms with Crippen LogP contribution in [0.25, 0.3) is 16.9 Å². The highest BCUT2D eigenvalue weighted by atomic mass is 19.1. The number of alkyl halides is 1. The highest BCUT2D eigenvalue weighted by Crippen LogP contribution is 2.45. The first-order valence-electron chi connectivity index (χ1n) is 10.6. The number of aromatic hydroxyl groups is 1. The van der Waals surface area contributed by atoms with Gasteiger partial charge in [-0.1, -0.05) is 0 Å². The molecule has 2 N–H and O–H groups in total. The Morgan fingerprint density at radius 3 is 2.71 bits per heavy atom. The number of halogens is 1. The fourth-order valence-corrected chi connectivity index (χ4v) is 5.17. The van der Waals surface area contributed by atoms with Gasteiger partial charge in [0.1, 0.15) is 11.9 Å². The minimum atomic E-state index is -0.991. The Kier molecular flexibility index (Phi) is 4.51. The quantitative estimate of drug-likeness (QED) is 0.670. The molecule has 4 heterocycles. The zero-order valence-electron chi connectivity index (χ0n) is 18.0. The molecule has 3 aromatic rings. The fraction of sp³-hybridized carbons (Fsp3) is 0.435. The molecule has 2 fully saturated rings. The van der Waals surface area contributed by atoms with Crippen LogP contribution in [0.4, 0.5) is 10.2 Å². The second kappa shape index (κ2) is 7.02. The van der Waals surface area contributed by atoms with Gasteiger partial charge in [-0.05, 0) is 57.4 Å². The van der Waals surface area contributed by atoms with E-state index in [0.717, 1.165) is 24.9 Å². The molecule has 2 aromatic heterocycles. The molecule has 5 rings (SSSR count). The average molecular weight is 423 g/mol. The van der Waals surface area contributed by atoms with Crippen LogP contribution >= 0.6 is 0 Å². The van der Waals surface area contributed by atoms with Crippen LogP contribution in [0.1, 0.15) is 33.1 Å². The first-order valence-corrected chi connectivity index (χ1v) is 10.6. The molecular weight excluding hydrogens is 395 g/mol. The first-order chi connectivity index (χ1) is 14.8. The van der Waals surface area contributed by atoms with Crippen molar-refractivity contribution in [3.63, 3.8) is 0 Å². The van der Waals surface area contributed by atoms with Crippen LogP contribution < -0.4 is 10.2 Å². The third-order valence-electron chi connectivity index (χ3n) is 6.96. The zero-order valence-corrected chi connectivity index (χ0v) is 18.0. The lowest BCUT2D eigenvalue weighted by Gasteiger charge is -2.47. The van der Waals surface area contributed by atoms with Crippen LogP contribution in [0.3, 0.4) is 0 Å². The Balaban J connectivity index is 1.38. The number of aromatic nitrogens is 4. The van der Waals surface area contributed by atoms with E-state index in [1.807, 2.05) is 53.9 Å². The number of piperidine rings is 1. The molecule has 2 saturated heterocycles. The molecule has 0 aliphatic carbocycles. The lowest BCUT2D eigenvalue weighted by Crippen LogP contribution is -2.65. The van der Waals surface area contributed by atoms with Gasteiger partial charge in [0.25, 0.3) is 0 Å². The van der Waals surface area contributed by atoms with Crippen molar-refractivity contribution in [2.24, 2.45) is 0 Å². The maximum Gasteiger partial charge on any atom is 0.151 e. The van der Waals surface area contributed by atoms with E-state index in [0.29, 0.717) is 17.1 Å². The maximum atomic E-state index is 15.4. The van der Waals surface area contributed by atoms with Crippen LogP contribution in [0, 0.1) is 0 Å². The largest absolute Gasteiger partial charge is 0.507 e. The topological polar surface area (TPSA) is 79.1 Å². The molecule has 0 spiro atoms. The number of imidazole rings is 1. The number of hydrogen-bond donors (Lipinski definition) is 2. The van der Waals surface area contributed by atoms with Gasteiger partial charge in [-0.2, -0.15) is 0 Å². The highest BCUT2D eigenvalue weighted by Gasteiger charge is 2.56.